The van der Waals surface area contributed by atoms with E-state index in [1.54, 1.807) is 0 Å². The number of halogens is 1. The number of pyridine rings is 1. The molecule has 1 rings (SSSR count). The second-order valence-electron chi connectivity index (χ2n) is 6.74. The molecule has 0 saturated heterocycles. The van der Waals surface area contributed by atoms with Crippen molar-refractivity contribution in [2.24, 2.45) is 17.8 Å². The summed E-state index contributed by atoms with van der Waals surface area (Å²) < 4.78 is 0. The van der Waals surface area contributed by atoms with Crippen molar-refractivity contribution in [2.75, 3.05) is 11.9 Å². The van der Waals surface area contributed by atoms with E-state index < -0.39 is 0 Å². The van der Waals surface area contributed by atoms with Gasteiger partial charge < -0.3 is 10.6 Å². The zero-order chi connectivity index (χ0) is 16.0. The van der Waals surface area contributed by atoms with Gasteiger partial charge >= 0.3 is 0 Å². The Morgan fingerprint density at radius 2 is 1.71 bits per heavy atom. The van der Waals surface area contributed by atoms with Crippen molar-refractivity contribution in [3.8, 4) is 0 Å². The van der Waals surface area contributed by atoms with E-state index in [1.807, 2.05) is 12.3 Å². The first kappa shape index (κ1) is 18.2. The van der Waals surface area contributed by atoms with Crippen LogP contribution in [0.5, 0.6) is 0 Å². The molecule has 120 valence electrons. The summed E-state index contributed by atoms with van der Waals surface area (Å²) >= 11 is 6.33. The molecule has 1 aromatic rings. The van der Waals surface area contributed by atoms with Gasteiger partial charge in [-0.3, -0.25) is 0 Å². The number of nitrogens with zero attached hydrogens (tertiary/aromatic N) is 1. The third-order valence-electron chi connectivity index (χ3n) is 3.83. The summed E-state index contributed by atoms with van der Waals surface area (Å²) in [5.74, 6) is 2.69. The molecule has 0 saturated carbocycles. The molecule has 0 spiro atoms. The first-order valence-corrected chi connectivity index (χ1v) is 8.30. The predicted molar refractivity (Wildman–Crippen MR) is 92.9 cm³/mol. The van der Waals surface area contributed by atoms with Crippen LogP contribution < -0.4 is 10.6 Å². The summed E-state index contributed by atoms with van der Waals surface area (Å²) in [7, 11) is 0. The summed E-state index contributed by atoms with van der Waals surface area (Å²) in [6, 6.07) is 2.45. The Morgan fingerprint density at radius 3 is 2.19 bits per heavy atom. The Hall–Kier alpha value is -0.800. The largest absolute Gasteiger partial charge is 0.369 e. The van der Waals surface area contributed by atoms with Crippen molar-refractivity contribution in [2.45, 2.75) is 54.1 Å². The van der Waals surface area contributed by atoms with Crippen LogP contribution in [0.25, 0.3) is 0 Å². The minimum Gasteiger partial charge on any atom is -0.369 e. The average Bonchev–Trinajstić information content (AvgIpc) is 2.37. The number of nitrogens with one attached hydrogen (secondary N) is 2. The Morgan fingerprint density at radius 1 is 1.10 bits per heavy atom. The lowest BCUT2D eigenvalue weighted by Gasteiger charge is -2.25. The van der Waals surface area contributed by atoms with Crippen LogP contribution in [0.1, 0.15) is 47.1 Å². The number of rotatable bonds is 8. The van der Waals surface area contributed by atoms with Crippen LogP contribution in [0.2, 0.25) is 5.02 Å². The molecule has 0 aromatic carbocycles. The molecule has 1 heterocycles. The van der Waals surface area contributed by atoms with Crippen LogP contribution in [0.3, 0.4) is 0 Å². The summed E-state index contributed by atoms with van der Waals surface area (Å²) in [5.41, 5.74) is 1.11. The monoisotopic (exact) mass is 311 g/mol. The van der Waals surface area contributed by atoms with Gasteiger partial charge in [-0.1, -0.05) is 53.1 Å². The molecule has 0 aliphatic heterocycles. The molecular formula is C17H30ClN3. The van der Waals surface area contributed by atoms with Gasteiger partial charge in [-0.15, -0.1) is 0 Å². The van der Waals surface area contributed by atoms with Gasteiger partial charge in [-0.05, 0) is 29.4 Å². The van der Waals surface area contributed by atoms with E-state index in [2.05, 4.69) is 57.2 Å². The fraction of sp³-hybridized carbons (Fsp3) is 0.706. The van der Waals surface area contributed by atoms with Gasteiger partial charge in [0, 0.05) is 25.3 Å². The van der Waals surface area contributed by atoms with Crippen LogP contribution in [0, 0.1) is 17.8 Å². The molecule has 2 N–H and O–H groups in total. The van der Waals surface area contributed by atoms with Crippen molar-refractivity contribution in [3.63, 3.8) is 0 Å². The van der Waals surface area contributed by atoms with E-state index in [-0.39, 0.29) is 0 Å². The van der Waals surface area contributed by atoms with Crippen LogP contribution in [0.15, 0.2) is 12.3 Å². The highest BCUT2D eigenvalue weighted by Crippen LogP contribution is 2.24. The number of hydrogen-bond donors (Lipinski definition) is 2. The number of hydrogen-bond acceptors (Lipinski definition) is 3. The average molecular weight is 312 g/mol. The molecular weight excluding hydrogens is 282 g/mol. The molecule has 0 radical (unpaired) electrons. The molecule has 3 nitrogen and oxygen atoms in total. The molecule has 0 unspecified atom stereocenters. The van der Waals surface area contributed by atoms with Crippen molar-refractivity contribution >= 4 is 17.4 Å². The van der Waals surface area contributed by atoms with Crippen molar-refractivity contribution in [1.82, 2.24) is 10.3 Å². The van der Waals surface area contributed by atoms with E-state index in [0.29, 0.717) is 28.8 Å². The summed E-state index contributed by atoms with van der Waals surface area (Å²) in [6.45, 7) is 15.0. The molecule has 0 bridgehead atoms. The third kappa shape index (κ3) is 6.23. The lowest BCUT2D eigenvalue weighted by molar-refractivity contribution is 0.304. The van der Waals surface area contributed by atoms with Crippen molar-refractivity contribution < 1.29 is 0 Å². The van der Waals surface area contributed by atoms with E-state index in [0.717, 1.165) is 24.5 Å². The topological polar surface area (TPSA) is 37.0 Å². The molecule has 0 atom stereocenters. The maximum Gasteiger partial charge on any atom is 0.144 e. The van der Waals surface area contributed by atoms with Crippen molar-refractivity contribution in [3.05, 3.63) is 22.8 Å². The van der Waals surface area contributed by atoms with Crippen LogP contribution >= 0.6 is 11.6 Å². The molecule has 0 aliphatic rings. The van der Waals surface area contributed by atoms with Crippen LogP contribution in [-0.4, -0.2) is 17.6 Å². The third-order valence-corrected chi connectivity index (χ3v) is 4.12. The van der Waals surface area contributed by atoms with Gasteiger partial charge in [0.1, 0.15) is 5.82 Å². The highest BCUT2D eigenvalue weighted by Gasteiger charge is 2.17. The number of aromatic nitrogens is 1. The van der Waals surface area contributed by atoms with Crippen molar-refractivity contribution in [1.29, 1.82) is 0 Å². The SMILES string of the molecule is CC(C)NCc1cnc(NCC(C(C)C)C(C)C)c(Cl)c1. The lowest BCUT2D eigenvalue weighted by Crippen LogP contribution is -2.25. The second kappa shape index (κ2) is 8.60. The van der Waals surface area contributed by atoms with Gasteiger partial charge in [0.05, 0.1) is 5.02 Å². The molecule has 4 heteroatoms. The van der Waals surface area contributed by atoms with E-state index >= 15 is 0 Å². The normalized spacial score (nSPS) is 12.0. The van der Waals surface area contributed by atoms with Gasteiger partial charge in [0.2, 0.25) is 0 Å². The summed E-state index contributed by atoms with van der Waals surface area (Å²) in [4.78, 5) is 4.46. The Bertz CT molecular complexity index is 422. The second-order valence-corrected chi connectivity index (χ2v) is 7.15. The zero-order valence-corrected chi connectivity index (χ0v) is 15.0. The maximum atomic E-state index is 6.33. The molecule has 0 fully saturated rings. The molecule has 21 heavy (non-hydrogen) atoms. The predicted octanol–water partition coefficient (Wildman–Crippen LogP) is 4.57. The maximum absolute atomic E-state index is 6.33. The zero-order valence-electron chi connectivity index (χ0n) is 14.2. The Kier molecular flexibility index (Phi) is 7.47. The van der Waals surface area contributed by atoms with Gasteiger partial charge in [-0.25, -0.2) is 4.98 Å². The van der Waals surface area contributed by atoms with Gasteiger partial charge in [-0.2, -0.15) is 0 Å². The highest BCUT2D eigenvalue weighted by atomic mass is 35.5. The van der Waals surface area contributed by atoms with Crippen LogP contribution in [-0.2, 0) is 6.54 Å². The minimum absolute atomic E-state index is 0.458. The smallest absolute Gasteiger partial charge is 0.144 e. The molecule has 1 aromatic heterocycles. The quantitative estimate of drug-likeness (QED) is 0.738. The highest BCUT2D eigenvalue weighted by molar-refractivity contribution is 6.32. The van der Waals surface area contributed by atoms with E-state index in [1.165, 1.54) is 0 Å². The summed E-state index contributed by atoms with van der Waals surface area (Å²) in [5, 5.41) is 7.47. The summed E-state index contributed by atoms with van der Waals surface area (Å²) in [6.07, 6.45) is 1.89. The fourth-order valence-electron chi connectivity index (χ4n) is 2.48. The van der Waals surface area contributed by atoms with E-state index in [4.69, 9.17) is 11.6 Å². The molecule has 0 aliphatic carbocycles. The minimum atomic E-state index is 0.458. The van der Waals surface area contributed by atoms with Gasteiger partial charge in [0.25, 0.3) is 0 Å². The van der Waals surface area contributed by atoms with Gasteiger partial charge in [0.15, 0.2) is 0 Å². The number of anilines is 1. The standard InChI is InChI=1S/C17H30ClN3/c1-11(2)15(12(3)4)10-21-17-16(18)7-14(9-20-17)8-19-13(5)6/h7,9,11-13,15,19H,8,10H2,1-6H3,(H,20,21). The Labute approximate surface area is 134 Å². The molecule has 0 amide bonds. The lowest BCUT2D eigenvalue weighted by atomic mass is 9.85. The van der Waals surface area contributed by atoms with E-state index in [9.17, 15) is 0 Å². The fourth-order valence-corrected chi connectivity index (χ4v) is 2.74. The first-order chi connectivity index (χ1) is 9.81. The first-order valence-electron chi connectivity index (χ1n) is 7.93. The Balaban J connectivity index is 2.64. The van der Waals surface area contributed by atoms with Crippen LogP contribution in [0.4, 0.5) is 5.82 Å².